The molecule has 2 heterocycles. The number of nitrogens with zero attached hydrogens (tertiary/aromatic N) is 2. The molecule has 2 amide bonds. The van der Waals surface area contributed by atoms with Crippen LogP contribution in [-0.4, -0.2) is 23.3 Å². The highest BCUT2D eigenvalue weighted by atomic mass is 127. The van der Waals surface area contributed by atoms with Crippen LogP contribution in [0.4, 0.5) is 5.82 Å². The molecule has 1 aromatic heterocycles. The Kier molecular flexibility index (Phi) is 3.32. The lowest BCUT2D eigenvalue weighted by molar-refractivity contribution is -0.123. The molecule has 1 atom stereocenters. The van der Waals surface area contributed by atoms with Crippen LogP contribution in [0.3, 0.4) is 0 Å². The van der Waals surface area contributed by atoms with Gasteiger partial charge in [0, 0.05) is 22.7 Å². The number of aromatic nitrogens is 1. The summed E-state index contributed by atoms with van der Waals surface area (Å²) in [5.74, 6) is -0.295. The maximum absolute atomic E-state index is 11.8. The third-order valence-corrected chi connectivity index (χ3v) is 3.39. The maximum Gasteiger partial charge on any atom is 0.229 e. The van der Waals surface area contributed by atoms with E-state index in [-0.39, 0.29) is 12.3 Å². The molecule has 2 N–H and O–H groups in total. The second-order valence-corrected chi connectivity index (χ2v) is 5.35. The Bertz CT molecular complexity index is 490. The normalized spacial score (nSPS) is 19.8. The summed E-state index contributed by atoms with van der Waals surface area (Å²) in [7, 11) is 0. The van der Waals surface area contributed by atoms with Crippen LogP contribution in [-0.2, 0) is 9.59 Å². The fourth-order valence-electron chi connectivity index (χ4n) is 1.92. The van der Waals surface area contributed by atoms with E-state index >= 15 is 0 Å². The highest BCUT2D eigenvalue weighted by Gasteiger charge is 2.35. The first-order valence-corrected chi connectivity index (χ1v) is 6.28. The van der Waals surface area contributed by atoms with E-state index < -0.39 is 11.8 Å². The Morgan fingerprint density at radius 2 is 2.35 bits per heavy atom. The van der Waals surface area contributed by atoms with E-state index in [4.69, 9.17) is 5.73 Å². The first-order valence-electron chi connectivity index (χ1n) is 5.21. The van der Waals surface area contributed by atoms with Gasteiger partial charge in [-0.3, -0.25) is 14.5 Å². The van der Waals surface area contributed by atoms with Gasteiger partial charge in [0.1, 0.15) is 5.82 Å². The number of carbonyl (C=O) groups is 2. The summed E-state index contributed by atoms with van der Waals surface area (Å²) in [6.07, 6.45) is 1.89. The van der Waals surface area contributed by atoms with E-state index in [0.717, 1.165) is 9.13 Å². The largest absolute Gasteiger partial charge is 0.369 e. The van der Waals surface area contributed by atoms with Gasteiger partial charge >= 0.3 is 0 Å². The summed E-state index contributed by atoms with van der Waals surface area (Å²) in [5.41, 5.74) is 6.15. The van der Waals surface area contributed by atoms with Crippen molar-refractivity contribution < 1.29 is 9.59 Å². The average Bonchev–Trinajstić information content (AvgIpc) is 2.61. The quantitative estimate of drug-likeness (QED) is 0.807. The van der Waals surface area contributed by atoms with Crippen molar-refractivity contribution >= 4 is 40.2 Å². The van der Waals surface area contributed by atoms with E-state index in [1.54, 1.807) is 11.1 Å². The predicted octanol–water partition coefficient (Wildman–Crippen LogP) is 0.833. The predicted molar refractivity (Wildman–Crippen MR) is 71.3 cm³/mol. The molecular weight excluding hydrogens is 333 g/mol. The van der Waals surface area contributed by atoms with Gasteiger partial charge in [0.25, 0.3) is 0 Å². The Morgan fingerprint density at radius 3 is 2.88 bits per heavy atom. The van der Waals surface area contributed by atoms with Gasteiger partial charge < -0.3 is 5.73 Å². The van der Waals surface area contributed by atoms with Gasteiger partial charge in [0.15, 0.2) is 0 Å². The smallest absolute Gasteiger partial charge is 0.229 e. The SMILES string of the molecule is Cc1cc(I)cnc1N1CC(C(N)=O)CC1=O. The second kappa shape index (κ2) is 4.59. The molecule has 1 unspecified atom stereocenters. The van der Waals surface area contributed by atoms with Crippen molar-refractivity contribution in [3.05, 3.63) is 21.4 Å². The van der Waals surface area contributed by atoms with Gasteiger partial charge in [0.2, 0.25) is 11.8 Å². The lowest BCUT2D eigenvalue weighted by Crippen LogP contribution is -2.29. The van der Waals surface area contributed by atoms with Crippen molar-refractivity contribution in [3.8, 4) is 0 Å². The Balaban J connectivity index is 2.29. The van der Waals surface area contributed by atoms with Crippen LogP contribution in [0.25, 0.3) is 0 Å². The number of hydrogen-bond donors (Lipinski definition) is 1. The summed E-state index contributed by atoms with van der Waals surface area (Å²) in [6, 6.07) is 1.95. The minimum absolute atomic E-state index is 0.0920. The maximum atomic E-state index is 11.8. The molecule has 1 saturated heterocycles. The summed E-state index contributed by atoms with van der Waals surface area (Å²) in [4.78, 5) is 28.7. The van der Waals surface area contributed by atoms with Crippen LogP contribution >= 0.6 is 22.6 Å². The summed E-state index contributed by atoms with van der Waals surface area (Å²) >= 11 is 2.17. The van der Waals surface area contributed by atoms with Crippen LogP contribution in [0, 0.1) is 16.4 Å². The summed E-state index contributed by atoms with van der Waals surface area (Å²) in [5, 5.41) is 0. The van der Waals surface area contributed by atoms with Gasteiger partial charge in [-0.15, -0.1) is 0 Å². The molecule has 6 heteroatoms. The third-order valence-electron chi connectivity index (χ3n) is 2.80. The van der Waals surface area contributed by atoms with Crippen molar-refractivity contribution in [2.24, 2.45) is 11.7 Å². The molecule has 0 spiro atoms. The monoisotopic (exact) mass is 345 g/mol. The molecular formula is C11H12IN3O2. The zero-order valence-electron chi connectivity index (χ0n) is 9.31. The van der Waals surface area contributed by atoms with Gasteiger partial charge in [-0.1, -0.05) is 0 Å². The van der Waals surface area contributed by atoms with Crippen molar-refractivity contribution in [1.82, 2.24) is 4.98 Å². The molecule has 0 saturated carbocycles. The van der Waals surface area contributed by atoms with Crippen LogP contribution in [0.2, 0.25) is 0 Å². The van der Waals surface area contributed by atoms with Crippen LogP contribution in [0.1, 0.15) is 12.0 Å². The van der Waals surface area contributed by atoms with Gasteiger partial charge in [-0.2, -0.15) is 0 Å². The zero-order valence-corrected chi connectivity index (χ0v) is 11.5. The Hall–Kier alpha value is -1.18. The van der Waals surface area contributed by atoms with Crippen LogP contribution < -0.4 is 10.6 Å². The number of halogens is 1. The molecule has 0 aliphatic carbocycles. The Labute approximate surface area is 113 Å². The Morgan fingerprint density at radius 1 is 1.65 bits per heavy atom. The molecule has 1 aromatic rings. The number of carbonyl (C=O) groups excluding carboxylic acids is 2. The van der Waals surface area contributed by atoms with Gasteiger partial charge in [-0.05, 0) is 41.1 Å². The molecule has 17 heavy (non-hydrogen) atoms. The lowest BCUT2D eigenvalue weighted by atomic mass is 10.1. The first kappa shape index (κ1) is 12.3. The van der Waals surface area contributed by atoms with Crippen molar-refractivity contribution in [1.29, 1.82) is 0 Å². The highest BCUT2D eigenvalue weighted by molar-refractivity contribution is 14.1. The van der Waals surface area contributed by atoms with Gasteiger partial charge in [-0.25, -0.2) is 4.98 Å². The lowest BCUT2D eigenvalue weighted by Gasteiger charge is -2.17. The zero-order chi connectivity index (χ0) is 12.6. The van der Waals surface area contributed by atoms with Crippen molar-refractivity contribution in [2.45, 2.75) is 13.3 Å². The standard InChI is InChI=1S/C11H12IN3O2/c1-6-2-8(12)4-14-11(6)15-5-7(10(13)17)3-9(15)16/h2,4,7H,3,5H2,1H3,(H2,13,17). The summed E-state index contributed by atoms with van der Waals surface area (Å²) in [6.45, 7) is 2.23. The molecule has 0 radical (unpaired) electrons. The molecule has 90 valence electrons. The molecule has 5 nitrogen and oxygen atoms in total. The molecule has 0 bridgehead atoms. The molecule has 1 aliphatic rings. The van der Waals surface area contributed by atoms with Crippen molar-refractivity contribution in [3.63, 3.8) is 0 Å². The fourth-order valence-corrected chi connectivity index (χ4v) is 2.53. The van der Waals surface area contributed by atoms with Crippen LogP contribution in [0.5, 0.6) is 0 Å². The van der Waals surface area contributed by atoms with Crippen molar-refractivity contribution in [2.75, 3.05) is 11.4 Å². The van der Waals surface area contributed by atoms with Gasteiger partial charge in [0.05, 0.1) is 5.92 Å². The number of anilines is 1. The van der Waals surface area contributed by atoms with E-state index in [1.807, 2.05) is 13.0 Å². The second-order valence-electron chi connectivity index (χ2n) is 4.10. The minimum Gasteiger partial charge on any atom is -0.369 e. The topological polar surface area (TPSA) is 76.3 Å². The highest BCUT2D eigenvalue weighted by Crippen LogP contribution is 2.26. The number of nitrogens with two attached hydrogens (primary N) is 1. The first-order chi connectivity index (χ1) is 7.99. The molecule has 2 rings (SSSR count). The summed E-state index contributed by atoms with van der Waals surface area (Å²) < 4.78 is 1.02. The number of pyridine rings is 1. The van der Waals surface area contributed by atoms with E-state index in [2.05, 4.69) is 27.6 Å². The number of amides is 2. The molecule has 0 aromatic carbocycles. The third kappa shape index (κ3) is 2.41. The van der Waals surface area contributed by atoms with E-state index in [0.29, 0.717) is 12.4 Å². The molecule has 1 aliphatic heterocycles. The van der Waals surface area contributed by atoms with Crippen LogP contribution in [0.15, 0.2) is 12.3 Å². The van der Waals surface area contributed by atoms with E-state index in [9.17, 15) is 9.59 Å². The minimum atomic E-state index is -0.427. The average molecular weight is 345 g/mol. The number of rotatable bonds is 2. The number of hydrogen-bond acceptors (Lipinski definition) is 3. The molecule has 1 fully saturated rings. The number of primary amides is 1. The number of aryl methyl sites for hydroxylation is 1. The fraction of sp³-hybridized carbons (Fsp3) is 0.364. The van der Waals surface area contributed by atoms with E-state index in [1.165, 1.54) is 0 Å².